The second-order valence-corrected chi connectivity index (χ2v) is 7.18. The van der Waals surface area contributed by atoms with E-state index >= 15 is 0 Å². The lowest BCUT2D eigenvalue weighted by Gasteiger charge is -2.16. The van der Waals surface area contributed by atoms with Gasteiger partial charge in [0.2, 0.25) is 5.13 Å². The zero-order valence-electron chi connectivity index (χ0n) is 15.3. The molecule has 1 aromatic carbocycles. The third-order valence-electron chi connectivity index (χ3n) is 4.24. The van der Waals surface area contributed by atoms with Crippen molar-refractivity contribution < 1.29 is 13.9 Å². The van der Waals surface area contributed by atoms with Gasteiger partial charge in [-0.05, 0) is 56.1 Å². The highest BCUT2D eigenvalue weighted by molar-refractivity contribution is 7.13. The molecule has 0 radical (unpaired) electrons. The number of hydrogen-bond acceptors (Lipinski definition) is 7. The Labute approximate surface area is 162 Å². The van der Waals surface area contributed by atoms with E-state index < -0.39 is 0 Å². The molecule has 8 heteroatoms. The summed E-state index contributed by atoms with van der Waals surface area (Å²) in [6.07, 6.45) is 4.21. The predicted molar refractivity (Wildman–Crippen MR) is 105 cm³/mol. The van der Waals surface area contributed by atoms with Gasteiger partial charge in [0.1, 0.15) is 5.82 Å². The summed E-state index contributed by atoms with van der Waals surface area (Å²) in [6.45, 7) is 4.95. The lowest BCUT2D eigenvalue weighted by atomic mass is 10.1. The molecule has 1 N–H and O–H groups in total. The van der Waals surface area contributed by atoms with Gasteiger partial charge in [-0.3, -0.25) is 15.1 Å². The molecule has 1 aliphatic heterocycles. The Morgan fingerprint density at radius 1 is 1.44 bits per heavy atom. The number of hydrogen-bond donors (Lipinski definition) is 1. The minimum Gasteiger partial charge on any atom is -0.466 e. The van der Waals surface area contributed by atoms with Crippen LogP contribution in [0.15, 0.2) is 28.7 Å². The normalized spacial score (nSPS) is 14.7. The average Bonchev–Trinajstić information content (AvgIpc) is 3.29. The fourth-order valence-corrected chi connectivity index (χ4v) is 3.63. The molecule has 2 aromatic rings. The van der Waals surface area contributed by atoms with Gasteiger partial charge >= 0.3 is 5.97 Å². The van der Waals surface area contributed by atoms with Crippen molar-refractivity contribution in [3.8, 4) is 0 Å². The number of nitrogens with one attached hydrogen (secondary N) is 1. The molecule has 0 aliphatic carbocycles. The molecule has 6 nitrogen and oxygen atoms in total. The number of aromatic nitrogens is 1. The van der Waals surface area contributed by atoms with Crippen LogP contribution in [0.25, 0.3) is 0 Å². The van der Waals surface area contributed by atoms with Gasteiger partial charge in [0.05, 0.1) is 24.9 Å². The number of hydrazone groups is 1. The van der Waals surface area contributed by atoms with Gasteiger partial charge in [0.25, 0.3) is 0 Å². The lowest BCUT2D eigenvalue weighted by molar-refractivity contribution is -0.142. The number of thiazole rings is 1. The van der Waals surface area contributed by atoms with E-state index in [1.54, 1.807) is 30.7 Å². The number of benzene rings is 1. The number of rotatable bonds is 8. The number of esters is 1. The van der Waals surface area contributed by atoms with E-state index in [0.717, 1.165) is 30.8 Å². The summed E-state index contributed by atoms with van der Waals surface area (Å²) in [5, 5.41) is 6.61. The average molecular weight is 390 g/mol. The van der Waals surface area contributed by atoms with Crippen molar-refractivity contribution in [2.24, 2.45) is 5.10 Å². The van der Waals surface area contributed by atoms with Gasteiger partial charge in [-0.15, -0.1) is 11.3 Å². The van der Waals surface area contributed by atoms with Crippen molar-refractivity contribution >= 4 is 28.7 Å². The van der Waals surface area contributed by atoms with Gasteiger partial charge in [-0.1, -0.05) is 6.07 Å². The maximum atomic E-state index is 13.6. The third kappa shape index (κ3) is 5.83. The van der Waals surface area contributed by atoms with Crippen LogP contribution in [0.2, 0.25) is 0 Å². The summed E-state index contributed by atoms with van der Waals surface area (Å²) < 4.78 is 18.6. The predicted octanol–water partition coefficient (Wildman–Crippen LogP) is 3.43. The quantitative estimate of drug-likeness (QED) is 0.425. The molecule has 0 atom stereocenters. The van der Waals surface area contributed by atoms with Crippen molar-refractivity contribution in [1.29, 1.82) is 0 Å². The summed E-state index contributed by atoms with van der Waals surface area (Å²) in [4.78, 5) is 18.1. The zero-order valence-corrected chi connectivity index (χ0v) is 16.1. The Morgan fingerprint density at radius 2 is 2.26 bits per heavy atom. The van der Waals surface area contributed by atoms with Crippen LogP contribution in [0, 0.1) is 5.82 Å². The first kappa shape index (κ1) is 19.4. The molecule has 3 rings (SSSR count). The molecule has 1 fully saturated rings. The lowest BCUT2D eigenvalue weighted by Crippen LogP contribution is -2.19. The molecule has 27 heavy (non-hydrogen) atoms. The Morgan fingerprint density at radius 3 is 3.04 bits per heavy atom. The van der Waals surface area contributed by atoms with E-state index in [4.69, 9.17) is 4.74 Å². The van der Waals surface area contributed by atoms with Crippen LogP contribution >= 0.6 is 11.3 Å². The molecular formula is C19H23FN4O2S. The number of ether oxygens (including phenoxy) is 1. The highest BCUT2D eigenvalue weighted by Crippen LogP contribution is 2.18. The summed E-state index contributed by atoms with van der Waals surface area (Å²) in [7, 11) is 0. The minimum atomic E-state index is -0.296. The molecule has 1 aromatic heterocycles. The van der Waals surface area contributed by atoms with E-state index in [1.165, 1.54) is 30.2 Å². The first-order valence-electron chi connectivity index (χ1n) is 9.04. The van der Waals surface area contributed by atoms with Gasteiger partial charge in [0.15, 0.2) is 0 Å². The fraction of sp³-hybridized carbons (Fsp3) is 0.421. The van der Waals surface area contributed by atoms with Crippen LogP contribution in [0.1, 0.15) is 36.6 Å². The van der Waals surface area contributed by atoms with Crippen LogP contribution in [0.5, 0.6) is 0 Å². The van der Waals surface area contributed by atoms with Crippen LogP contribution in [0.3, 0.4) is 0 Å². The van der Waals surface area contributed by atoms with Crippen molar-refractivity contribution in [3.63, 3.8) is 0 Å². The topological polar surface area (TPSA) is 66.8 Å². The number of anilines is 1. The monoisotopic (exact) mass is 390 g/mol. The molecule has 0 spiro atoms. The Hall–Kier alpha value is -2.32. The largest absolute Gasteiger partial charge is 0.466 e. The first-order chi connectivity index (χ1) is 13.1. The molecular weight excluding hydrogens is 367 g/mol. The number of carbonyl (C=O) groups excluding carboxylic acids is 1. The van der Waals surface area contributed by atoms with Gasteiger partial charge < -0.3 is 4.74 Å². The number of halogens is 1. The second kappa shape index (κ2) is 9.57. The van der Waals surface area contributed by atoms with Crippen molar-refractivity contribution in [2.45, 2.75) is 32.7 Å². The Bertz CT molecular complexity index is 803. The van der Waals surface area contributed by atoms with Crippen LogP contribution in [0.4, 0.5) is 9.52 Å². The van der Waals surface area contributed by atoms with Crippen molar-refractivity contribution in [2.75, 3.05) is 25.1 Å². The summed E-state index contributed by atoms with van der Waals surface area (Å²) in [5.41, 5.74) is 5.31. The summed E-state index contributed by atoms with van der Waals surface area (Å²) in [6, 6.07) is 4.75. The molecule has 0 bridgehead atoms. The minimum absolute atomic E-state index is 0.147. The highest BCUT2D eigenvalue weighted by atomic mass is 32.1. The smallest absolute Gasteiger partial charge is 0.311 e. The van der Waals surface area contributed by atoms with Crippen LogP contribution in [-0.2, 0) is 22.5 Å². The van der Waals surface area contributed by atoms with Crippen LogP contribution in [-0.4, -0.2) is 41.8 Å². The van der Waals surface area contributed by atoms with Gasteiger partial charge in [0, 0.05) is 11.9 Å². The standard InChI is InChI=1S/C19H23FN4O2S/c1-2-26-18(25)10-17-13-27-19(22-17)23-21-11-14-5-6-16(20)9-15(14)12-24-7-3-4-8-24/h5-6,9,11,13H,2-4,7-8,10,12H2,1H3,(H,22,23). The summed E-state index contributed by atoms with van der Waals surface area (Å²) in [5.74, 6) is -0.534. The number of likely N-dealkylation sites (tertiary alicyclic amines) is 1. The van der Waals surface area contributed by atoms with E-state index in [9.17, 15) is 9.18 Å². The fourth-order valence-electron chi connectivity index (χ4n) is 2.98. The third-order valence-corrected chi connectivity index (χ3v) is 5.04. The van der Waals surface area contributed by atoms with Crippen LogP contribution < -0.4 is 5.43 Å². The van der Waals surface area contributed by atoms with E-state index in [0.29, 0.717) is 17.4 Å². The maximum absolute atomic E-state index is 13.6. The summed E-state index contributed by atoms with van der Waals surface area (Å²) >= 11 is 1.37. The van der Waals surface area contributed by atoms with E-state index in [-0.39, 0.29) is 18.2 Å². The number of nitrogens with zero attached hydrogens (tertiary/aromatic N) is 3. The molecule has 1 saturated heterocycles. The maximum Gasteiger partial charge on any atom is 0.311 e. The molecule has 0 amide bonds. The molecule has 144 valence electrons. The molecule has 2 heterocycles. The first-order valence-corrected chi connectivity index (χ1v) is 9.92. The molecule has 0 saturated carbocycles. The molecule has 0 unspecified atom stereocenters. The molecule has 1 aliphatic rings. The highest BCUT2D eigenvalue weighted by Gasteiger charge is 2.14. The second-order valence-electron chi connectivity index (χ2n) is 6.32. The zero-order chi connectivity index (χ0) is 19.1. The van der Waals surface area contributed by atoms with Gasteiger partial charge in [-0.2, -0.15) is 5.10 Å². The van der Waals surface area contributed by atoms with E-state index in [2.05, 4.69) is 20.4 Å². The van der Waals surface area contributed by atoms with Crippen molar-refractivity contribution in [3.05, 3.63) is 46.2 Å². The van der Waals surface area contributed by atoms with Gasteiger partial charge in [-0.25, -0.2) is 9.37 Å². The number of carbonyl (C=O) groups is 1. The SMILES string of the molecule is CCOC(=O)Cc1csc(NN=Cc2ccc(F)cc2CN2CCCC2)n1. The van der Waals surface area contributed by atoms with Crippen molar-refractivity contribution in [1.82, 2.24) is 9.88 Å². The Kier molecular flexibility index (Phi) is 6.89. The Balaban J connectivity index is 1.61. The van der Waals surface area contributed by atoms with E-state index in [1.807, 2.05) is 0 Å².